The van der Waals surface area contributed by atoms with Crippen LogP contribution in [0.15, 0.2) is 12.4 Å². The molecule has 0 fully saturated rings. The highest BCUT2D eigenvalue weighted by Gasteiger charge is 2.10. The SMILES string of the molecule is CCC(NCCCn1ccnn1)C(N)=O. The summed E-state index contributed by atoms with van der Waals surface area (Å²) in [4.78, 5) is 10.9. The van der Waals surface area contributed by atoms with E-state index < -0.39 is 0 Å². The molecule has 1 amide bonds. The first kappa shape index (κ1) is 11.6. The van der Waals surface area contributed by atoms with Crippen molar-refractivity contribution in [2.45, 2.75) is 32.4 Å². The minimum Gasteiger partial charge on any atom is -0.368 e. The van der Waals surface area contributed by atoms with Gasteiger partial charge in [0.1, 0.15) is 0 Å². The predicted molar refractivity (Wildman–Crippen MR) is 55.9 cm³/mol. The van der Waals surface area contributed by atoms with E-state index >= 15 is 0 Å². The van der Waals surface area contributed by atoms with Crippen molar-refractivity contribution in [2.24, 2.45) is 5.73 Å². The van der Waals surface area contributed by atoms with Gasteiger partial charge in [-0.15, -0.1) is 5.10 Å². The Labute approximate surface area is 88.8 Å². The zero-order chi connectivity index (χ0) is 11.1. The highest BCUT2D eigenvalue weighted by atomic mass is 16.1. The van der Waals surface area contributed by atoms with Gasteiger partial charge in [0.25, 0.3) is 0 Å². The minimum absolute atomic E-state index is 0.222. The first-order valence-electron chi connectivity index (χ1n) is 5.11. The van der Waals surface area contributed by atoms with Crippen LogP contribution in [0.25, 0.3) is 0 Å². The van der Waals surface area contributed by atoms with Crippen molar-refractivity contribution in [3.8, 4) is 0 Å². The maximum absolute atomic E-state index is 10.9. The third kappa shape index (κ3) is 4.07. The molecule has 3 N–H and O–H groups in total. The number of nitrogens with two attached hydrogens (primary N) is 1. The van der Waals surface area contributed by atoms with E-state index in [0.717, 1.165) is 25.9 Å². The van der Waals surface area contributed by atoms with Crippen LogP contribution in [0.3, 0.4) is 0 Å². The van der Waals surface area contributed by atoms with Gasteiger partial charge in [0, 0.05) is 12.7 Å². The molecule has 1 heterocycles. The fourth-order valence-electron chi connectivity index (χ4n) is 1.32. The van der Waals surface area contributed by atoms with Gasteiger partial charge in [0.2, 0.25) is 5.91 Å². The van der Waals surface area contributed by atoms with Gasteiger partial charge in [0.05, 0.1) is 12.2 Å². The molecule has 1 rings (SSSR count). The largest absolute Gasteiger partial charge is 0.368 e. The number of hydrogen-bond donors (Lipinski definition) is 2. The van der Waals surface area contributed by atoms with E-state index in [4.69, 9.17) is 5.73 Å². The van der Waals surface area contributed by atoms with Gasteiger partial charge >= 0.3 is 0 Å². The fraction of sp³-hybridized carbons (Fsp3) is 0.667. The maximum atomic E-state index is 10.9. The van der Waals surface area contributed by atoms with E-state index in [1.54, 1.807) is 10.9 Å². The number of nitrogens with one attached hydrogen (secondary N) is 1. The molecule has 0 aliphatic rings. The van der Waals surface area contributed by atoms with Crippen molar-refractivity contribution >= 4 is 5.91 Å². The van der Waals surface area contributed by atoms with E-state index in [0.29, 0.717) is 0 Å². The molecule has 0 aromatic carbocycles. The first-order chi connectivity index (χ1) is 7.24. The third-order valence-corrected chi connectivity index (χ3v) is 2.18. The molecule has 0 aliphatic heterocycles. The van der Waals surface area contributed by atoms with Gasteiger partial charge in [-0.1, -0.05) is 12.1 Å². The van der Waals surface area contributed by atoms with E-state index in [1.807, 2.05) is 13.1 Å². The Balaban J connectivity index is 2.13. The van der Waals surface area contributed by atoms with Crippen LogP contribution >= 0.6 is 0 Å². The molecule has 0 saturated carbocycles. The van der Waals surface area contributed by atoms with Crippen LogP contribution in [0.5, 0.6) is 0 Å². The number of rotatable bonds is 7. The van der Waals surface area contributed by atoms with Crippen molar-refractivity contribution in [3.05, 3.63) is 12.4 Å². The Morgan fingerprint density at radius 1 is 1.67 bits per heavy atom. The third-order valence-electron chi connectivity index (χ3n) is 2.18. The topological polar surface area (TPSA) is 85.8 Å². The summed E-state index contributed by atoms with van der Waals surface area (Å²) in [6.45, 7) is 3.48. The normalized spacial score (nSPS) is 12.6. The number of amides is 1. The highest BCUT2D eigenvalue weighted by molar-refractivity contribution is 5.79. The maximum Gasteiger partial charge on any atom is 0.234 e. The summed E-state index contributed by atoms with van der Waals surface area (Å²) in [5, 5.41) is 10.6. The number of primary amides is 1. The summed E-state index contributed by atoms with van der Waals surface area (Å²) in [5.74, 6) is -0.293. The van der Waals surface area contributed by atoms with Crippen LogP contribution in [-0.2, 0) is 11.3 Å². The van der Waals surface area contributed by atoms with Crippen LogP contribution in [0.1, 0.15) is 19.8 Å². The Morgan fingerprint density at radius 3 is 3.00 bits per heavy atom. The zero-order valence-electron chi connectivity index (χ0n) is 8.89. The molecule has 84 valence electrons. The van der Waals surface area contributed by atoms with E-state index in [2.05, 4.69) is 15.6 Å². The lowest BCUT2D eigenvalue weighted by atomic mass is 10.2. The van der Waals surface area contributed by atoms with Crippen LogP contribution < -0.4 is 11.1 Å². The molecule has 0 bridgehead atoms. The lowest BCUT2D eigenvalue weighted by Gasteiger charge is -2.12. The minimum atomic E-state index is -0.293. The molecule has 1 aromatic rings. The Morgan fingerprint density at radius 2 is 2.47 bits per heavy atom. The summed E-state index contributed by atoms with van der Waals surface area (Å²) in [7, 11) is 0. The van der Waals surface area contributed by atoms with E-state index in [-0.39, 0.29) is 11.9 Å². The Bertz CT molecular complexity index is 285. The van der Waals surface area contributed by atoms with Gasteiger partial charge in [-0.2, -0.15) is 0 Å². The average Bonchev–Trinajstić information content (AvgIpc) is 2.70. The Kier molecular flexibility index (Phi) is 4.76. The summed E-state index contributed by atoms with van der Waals surface area (Å²) >= 11 is 0. The summed E-state index contributed by atoms with van der Waals surface area (Å²) in [6, 6.07) is -0.222. The summed E-state index contributed by atoms with van der Waals surface area (Å²) in [6.07, 6.45) is 5.07. The molecule has 0 aliphatic carbocycles. The van der Waals surface area contributed by atoms with Gasteiger partial charge in [-0.25, -0.2) is 0 Å². The standard InChI is InChI=1S/C9H17N5O/c1-2-8(9(10)15)11-4-3-6-14-7-5-12-13-14/h5,7-8,11H,2-4,6H2,1H3,(H2,10,15). The summed E-state index contributed by atoms with van der Waals surface area (Å²) in [5.41, 5.74) is 5.20. The number of carbonyl (C=O) groups is 1. The van der Waals surface area contributed by atoms with E-state index in [1.165, 1.54) is 0 Å². The lowest BCUT2D eigenvalue weighted by Crippen LogP contribution is -2.41. The van der Waals surface area contributed by atoms with Crippen LogP contribution in [-0.4, -0.2) is 33.5 Å². The number of carbonyl (C=O) groups excluding carboxylic acids is 1. The first-order valence-corrected chi connectivity index (χ1v) is 5.11. The molecule has 0 saturated heterocycles. The number of aromatic nitrogens is 3. The van der Waals surface area contributed by atoms with Gasteiger partial charge in [0.15, 0.2) is 0 Å². The number of hydrogen-bond acceptors (Lipinski definition) is 4. The average molecular weight is 211 g/mol. The van der Waals surface area contributed by atoms with Crippen molar-refractivity contribution < 1.29 is 4.79 Å². The van der Waals surface area contributed by atoms with Gasteiger partial charge in [-0.3, -0.25) is 9.48 Å². The van der Waals surface area contributed by atoms with Crippen LogP contribution in [0, 0.1) is 0 Å². The summed E-state index contributed by atoms with van der Waals surface area (Å²) < 4.78 is 1.76. The quantitative estimate of drug-likeness (QED) is 0.596. The van der Waals surface area contributed by atoms with Gasteiger partial charge < -0.3 is 11.1 Å². The second-order valence-corrected chi connectivity index (χ2v) is 3.34. The van der Waals surface area contributed by atoms with Crippen LogP contribution in [0.2, 0.25) is 0 Å². The molecule has 0 radical (unpaired) electrons. The lowest BCUT2D eigenvalue weighted by molar-refractivity contribution is -0.120. The van der Waals surface area contributed by atoms with Crippen molar-refractivity contribution in [3.63, 3.8) is 0 Å². The second kappa shape index (κ2) is 6.13. The molecular formula is C9H17N5O. The van der Waals surface area contributed by atoms with Crippen LogP contribution in [0.4, 0.5) is 0 Å². The molecule has 6 heteroatoms. The van der Waals surface area contributed by atoms with Crippen molar-refractivity contribution in [2.75, 3.05) is 6.54 Å². The second-order valence-electron chi connectivity index (χ2n) is 3.34. The zero-order valence-corrected chi connectivity index (χ0v) is 8.89. The van der Waals surface area contributed by atoms with E-state index in [9.17, 15) is 4.79 Å². The molecule has 1 atom stereocenters. The molecule has 1 unspecified atom stereocenters. The van der Waals surface area contributed by atoms with Gasteiger partial charge in [-0.05, 0) is 19.4 Å². The molecule has 15 heavy (non-hydrogen) atoms. The molecule has 6 nitrogen and oxygen atoms in total. The molecular weight excluding hydrogens is 194 g/mol. The number of aryl methyl sites for hydroxylation is 1. The van der Waals surface area contributed by atoms with Crippen molar-refractivity contribution in [1.82, 2.24) is 20.3 Å². The monoisotopic (exact) mass is 211 g/mol. The smallest absolute Gasteiger partial charge is 0.234 e. The Hall–Kier alpha value is -1.43. The fourth-order valence-corrected chi connectivity index (χ4v) is 1.32. The number of nitrogens with zero attached hydrogens (tertiary/aromatic N) is 3. The molecule has 0 spiro atoms. The highest BCUT2D eigenvalue weighted by Crippen LogP contribution is 1.91. The molecule has 1 aromatic heterocycles. The van der Waals surface area contributed by atoms with Crippen molar-refractivity contribution in [1.29, 1.82) is 0 Å². The predicted octanol–water partition coefficient (Wildman–Crippen LogP) is -0.478.